The van der Waals surface area contributed by atoms with E-state index in [-0.39, 0.29) is 0 Å². The van der Waals surface area contributed by atoms with Gasteiger partial charge in [0.05, 0.1) is 0 Å². The summed E-state index contributed by atoms with van der Waals surface area (Å²) in [7, 11) is -1.64. The van der Waals surface area contributed by atoms with E-state index in [1.54, 1.807) is 18.2 Å². The van der Waals surface area contributed by atoms with Gasteiger partial charge in [0.1, 0.15) is 0 Å². The highest BCUT2D eigenvalue weighted by Gasteiger charge is 2.21. The van der Waals surface area contributed by atoms with Crippen LogP contribution in [0, 0.1) is 0 Å². The van der Waals surface area contributed by atoms with Crippen molar-refractivity contribution < 1.29 is 10.0 Å². The zero-order chi connectivity index (χ0) is 22.6. The Hall–Kier alpha value is -4.13. The molecule has 0 saturated heterocycles. The molecular formula is C27H20BN3O2. The Morgan fingerprint density at radius 3 is 1.52 bits per heavy atom. The van der Waals surface area contributed by atoms with Crippen LogP contribution >= 0.6 is 0 Å². The van der Waals surface area contributed by atoms with Gasteiger partial charge in [-0.1, -0.05) is 109 Å². The van der Waals surface area contributed by atoms with E-state index in [1.807, 2.05) is 78.9 Å². The van der Waals surface area contributed by atoms with Gasteiger partial charge in [-0.15, -0.1) is 0 Å². The molecule has 0 aliphatic rings. The zero-order valence-electron chi connectivity index (χ0n) is 17.7. The maximum absolute atomic E-state index is 9.92. The Labute approximate surface area is 192 Å². The molecule has 0 saturated carbocycles. The molecule has 2 N–H and O–H groups in total. The highest BCUT2D eigenvalue weighted by molar-refractivity contribution is 6.60. The van der Waals surface area contributed by atoms with Gasteiger partial charge in [-0.25, -0.2) is 15.0 Å². The molecule has 4 aromatic carbocycles. The highest BCUT2D eigenvalue weighted by Crippen LogP contribution is 2.32. The summed E-state index contributed by atoms with van der Waals surface area (Å²) in [6, 6.07) is 34.8. The van der Waals surface area contributed by atoms with E-state index in [1.165, 1.54) is 0 Å². The number of hydrogen-bond acceptors (Lipinski definition) is 5. The summed E-state index contributed by atoms with van der Waals surface area (Å²) in [5.74, 6) is 1.41. The quantitative estimate of drug-likeness (QED) is 0.409. The fourth-order valence-electron chi connectivity index (χ4n) is 3.81. The predicted octanol–water partition coefficient (Wildman–Crippen LogP) is 4.22. The third-order valence-corrected chi connectivity index (χ3v) is 5.40. The standard InChI is InChI=1S/C27H20BN3O2/c32-28(33)24-18-10-9-17-23(24)27-30-25(20-13-5-2-6-14-20)29-26(31-27)22-16-8-7-15-21(22)19-11-3-1-4-12-19/h1-18,32-33H. The lowest BCUT2D eigenvalue weighted by Gasteiger charge is -2.13. The minimum Gasteiger partial charge on any atom is -0.423 e. The molecule has 0 spiro atoms. The predicted molar refractivity (Wildman–Crippen MR) is 131 cm³/mol. The lowest BCUT2D eigenvalue weighted by Crippen LogP contribution is -2.31. The van der Waals surface area contributed by atoms with Crippen molar-refractivity contribution in [3.63, 3.8) is 0 Å². The van der Waals surface area contributed by atoms with Crippen molar-refractivity contribution in [3.8, 4) is 45.3 Å². The van der Waals surface area contributed by atoms with E-state index in [0.29, 0.717) is 28.5 Å². The van der Waals surface area contributed by atoms with Gasteiger partial charge in [-0.2, -0.15) is 0 Å². The number of aromatic nitrogens is 3. The molecular weight excluding hydrogens is 409 g/mol. The Morgan fingerprint density at radius 2 is 0.879 bits per heavy atom. The molecule has 0 bridgehead atoms. The summed E-state index contributed by atoms with van der Waals surface area (Å²) in [5, 5.41) is 19.8. The Balaban J connectivity index is 1.76. The summed E-state index contributed by atoms with van der Waals surface area (Å²) < 4.78 is 0. The fourth-order valence-corrected chi connectivity index (χ4v) is 3.81. The minimum absolute atomic E-state index is 0.338. The summed E-state index contributed by atoms with van der Waals surface area (Å²) >= 11 is 0. The molecule has 5 aromatic rings. The lowest BCUT2D eigenvalue weighted by atomic mass is 9.77. The molecule has 1 heterocycles. The molecule has 0 aliphatic heterocycles. The zero-order valence-corrected chi connectivity index (χ0v) is 17.7. The van der Waals surface area contributed by atoms with Gasteiger partial charge in [-0.05, 0) is 16.6 Å². The van der Waals surface area contributed by atoms with Gasteiger partial charge < -0.3 is 10.0 Å². The van der Waals surface area contributed by atoms with Crippen LogP contribution in [0.5, 0.6) is 0 Å². The largest absolute Gasteiger partial charge is 0.489 e. The van der Waals surface area contributed by atoms with Gasteiger partial charge in [0.25, 0.3) is 0 Å². The van der Waals surface area contributed by atoms with Crippen LogP contribution in [0.2, 0.25) is 0 Å². The SMILES string of the molecule is OB(O)c1ccccc1-c1nc(-c2ccccc2)nc(-c2ccccc2-c2ccccc2)n1. The average molecular weight is 429 g/mol. The van der Waals surface area contributed by atoms with Crippen molar-refractivity contribution in [1.29, 1.82) is 0 Å². The second kappa shape index (κ2) is 9.16. The molecule has 5 rings (SSSR count). The number of hydrogen-bond donors (Lipinski definition) is 2. The van der Waals surface area contributed by atoms with Crippen molar-refractivity contribution in [2.45, 2.75) is 0 Å². The second-order valence-corrected chi connectivity index (χ2v) is 7.54. The Bertz CT molecular complexity index is 1390. The second-order valence-electron chi connectivity index (χ2n) is 7.54. The van der Waals surface area contributed by atoms with Crippen LogP contribution in [0.4, 0.5) is 0 Å². The summed E-state index contributed by atoms with van der Waals surface area (Å²) in [6.07, 6.45) is 0. The van der Waals surface area contributed by atoms with Crippen LogP contribution in [0.15, 0.2) is 109 Å². The molecule has 6 heteroatoms. The first-order valence-electron chi connectivity index (χ1n) is 10.6. The molecule has 0 unspecified atom stereocenters. The molecule has 33 heavy (non-hydrogen) atoms. The normalized spacial score (nSPS) is 10.7. The molecule has 0 fully saturated rings. The molecule has 0 aliphatic carbocycles. The Kier molecular flexibility index (Phi) is 5.76. The highest BCUT2D eigenvalue weighted by atomic mass is 16.4. The third-order valence-electron chi connectivity index (χ3n) is 5.40. The topological polar surface area (TPSA) is 79.1 Å². The van der Waals surface area contributed by atoms with Crippen LogP contribution in [0.3, 0.4) is 0 Å². The number of benzene rings is 4. The van der Waals surface area contributed by atoms with Gasteiger partial charge in [-0.3, -0.25) is 0 Å². The molecule has 0 radical (unpaired) electrons. The molecule has 158 valence electrons. The van der Waals surface area contributed by atoms with E-state index in [9.17, 15) is 10.0 Å². The van der Waals surface area contributed by atoms with Gasteiger partial charge in [0.15, 0.2) is 17.5 Å². The van der Waals surface area contributed by atoms with E-state index in [2.05, 4.69) is 12.1 Å². The van der Waals surface area contributed by atoms with Crippen LogP contribution in [-0.2, 0) is 0 Å². The summed E-state index contributed by atoms with van der Waals surface area (Å²) in [5.41, 5.74) is 4.66. The van der Waals surface area contributed by atoms with Gasteiger partial charge in [0, 0.05) is 16.7 Å². The monoisotopic (exact) mass is 429 g/mol. The first-order valence-corrected chi connectivity index (χ1v) is 10.6. The van der Waals surface area contributed by atoms with Crippen molar-refractivity contribution >= 4 is 12.6 Å². The van der Waals surface area contributed by atoms with Gasteiger partial charge >= 0.3 is 7.12 Å². The molecule has 1 aromatic heterocycles. The van der Waals surface area contributed by atoms with E-state index >= 15 is 0 Å². The van der Waals surface area contributed by atoms with Crippen LogP contribution in [0.25, 0.3) is 45.3 Å². The molecule has 5 nitrogen and oxygen atoms in total. The smallest absolute Gasteiger partial charge is 0.423 e. The summed E-state index contributed by atoms with van der Waals surface area (Å²) in [4.78, 5) is 14.3. The van der Waals surface area contributed by atoms with Crippen molar-refractivity contribution in [3.05, 3.63) is 109 Å². The van der Waals surface area contributed by atoms with Crippen LogP contribution < -0.4 is 5.46 Å². The van der Waals surface area contributed by atoms with Gasteiger partial charge in [0.2, 0.25) is 0 Å². The minimum atomic E-state index is -1.64. The lowest BCUT2D eigenvalue weighted by molar-refractivity contribution is 0.426. The van der Waals surface area contributed by atoms with Crippen LogP contribution in [-0.4, -0.2) is 32.1 Å². The number of nitrogens with zero attached hydrogens (tertiary/aromatic N) is 3. The maximum atomic E-state index is 9.92. The Morgan fingerprint density at radius 1 is 0.424 bits per heavy atom. The van der Waals surface area contributed by atoms with Crippen molar-refractivity contribution in [1.82, 2.24) is 15.0 Å². The van der Waals surface area contributed by atoms with E-state index in [4.69, 9.17) is 15.0 Å². The first-order chi connectivity index (χ1) is 16.2. The van der Waals surface area contributed by atoms with E-state index < -0.39 is 7.12 Å². The third kappa shape index (κ3) is 4.30. The van der Waals surface area contributed by atoms with Crippen LogP contribution in [0.1, 0.15) is 0 Å². The maximum Gasteiger partial charge on any atom is 0.489 e. The van der Waals surface area contributed by atoms with Crippen molar-refractivity contribution in [2.75, 3.05) is 0 Å². The first kappa shape index (κ1) is 20.8. The van der Waals surface area contributed by atoms with Crippen molar-refractivity contribution in [2.24, 2.45) is 0 Å². The molecule has 0 amide bonds. The average Bonchev–Trinajstić information content (AvgIpc) is 2.89. The fraction of sp³-hybridized carbons (Fsp3) is 0. The summed E-state index contributed by atoms with van der Waals surface area (Å²) in [6.45, 7) is 0. The number of rotatable bonds is 5. The molecule has 0 atom stereocenters. The van der Waals surface area contributed by atoms with E-state index in [0.717, 1.165) is 22.3 Å².